The maximum atomic E-state index is 14.9. The minimum Gasteiger partial charge on any atom is -0.459 e. The van der Waals surface area contributed by atoms with Crippen LogP contribution in [-0.2, 0) is 34.9 Å². The second-order valence-corrected chi connectivity index (χ2v) is 19.6. The Morgan fingerprint density at radius 2 is 0.703 bits per heavy atom. The van der Waals surface area contributed by atoms with Gasteiger partial charge in [0.25, 0.3) is 0 Å². The fraction of sp³-hybridized carbons (Fsp3) is 0.316. The van der Waals surface area contributed by atoms with Gasteiger partial charge in [0.05, 0.1) is 11.1 Å². The third kappa shape index (κ3) is 8.35. The van der Waals surface area contributed by atoms with E-state index in [0.717, 1.165) is 55.6 Å². The fourth-order valence-corrected chi connectivity index (χ4v) is 10.1. The number of esters is 2. The van der Waals surface area contributed by atoms with Crippen molar-refractivity contribution in [2.75, 3.05) is 0 Å². The molecule has 0 radical (unpaired) electrons. The largest absolute Gasteiger partial charge is 0.459 e. The van der Waals surface area contributed by atoms with Crippen molar-refractivity contribution >= 4 is 17.7 Å². The Balaban J connectivity index is 1.15. The van der Waals surface area contributed by atoms with E-state index < -0.39 is 58.1 Å². The summed E-state index contributed by atoms with van der Waals surface area (Å²) in [7, 11) is 0. The summed E-state index contributed by atoms with van der Waals surface area (Å²) in [6, 6.07) is 51.8. The number of Topliss-reactive ketones (excluding diaryl/α,β-unsaturated/α-hetero) is 1. The van der Waals surface area contributed by atoms with E-state index in [9.17, 15) is 14.4 Å². The molecule has 0 heterocycles. The third-order valence-corrected chi connectivity index (χ3v) is 12.6. The Kier molecular flexibility index (Phi) is 12.1. The zero-order valence-corrected chi connectivity index (χ0v) is 38.3. The highest BCUT2D eigenvalue weighted by Gasteiger charge is 2.49. The van der Waals surface area contributed by atoms with Crippen LogP contribution in [0.5, 0.6) is 0 Å². The van der Waals surface area contributed by atoms with Gasteiger partial charge in [-0.1, -0.05) is 172 Å². The number of hydrogen-bond donors (Lipinski definition) is 2. The molecule has 4 atom stereocenters. The van der Waals surface area contributed by atoms with Gasteiger partial charge in [-0.25, -0.2) is 0 Å². The Hall–Kier alpha value is -6.15. The predicted octanol–water partition coefficient (Wildman–Crippen LogP) is 11.2. The maximum Gasteiger partial charge on any atom is 0.323 e. The number of ether oxygens (including phenoxy) is 2. The molecule has 0 aromatic heterocycles. The SMILES string of the molecule is C[C@H](C[C@H](NC1(c2ccccc2)c2ccccc2-c2ccccc21)C(=O)OC(C)(C)C)C(=O)[C@H](C)C[C@H](NC1(c2ccccc2)c2ccccc2-c2ccccc21)C(=O)OC(C)(C)C. The standard InChI is InChI=1S/C57H60N2O5/c1-37(35-49(52(61)63-54(3,4)5)58-56(39-23-11-9-12-24-39)45-31-19-15-27-41(45)42-28-16-20-32-46(42)56)51(60)38(2)36-50(53(62)64-55(6,7)8)59-57(40-25-13-10-14-26-40)47-33-21-17-29-43(47)44-30-18-22-34-48(44)57/h9-34,37-38,49-50,58-59H,35-36H2,1-8H3/t37-,38-,49+,50+/m1/s1. The summed E-state index contributed by atoms with van der Waals surface area (Å²) in [6.45, 7) is 14.9. The summed E-state index contributed by atoms with van der Waals surface area (Å²) in [4.78, 5) is 44.1. The first kappa shape index (κ1) is 44.5. The molecule has 328 valence electrons. The minimum atomic E-state index is -0.921. The van der Waals surface area contributed by atoms with Crippen molar-refractivity contribution in [1.82, 2.24) is 10.6 Å². The zero-order valence-electron chi connectivity index (χ0n) is 38.3. The molecule has 6 aromatic rings. The maximum absolute atomic E-state index is 14.9. The van der Waals surface area contributed by atoms with Crippen molar-refractivity contribution in [2.45, 2.75) is 103 Å². The molecule has 8 rings (SSSR count). The molecule has 2 aliphatic rings. The Morgan fingerprint density at radius 1 is 0.438 bits per heavy atom. The number of benzene rings is 6. The van der Waals surface area contributed by atoms with E-state index in [0.29, 0.717) is 0 Å². The average Bonchev–Trinajstić information content (AvgIpc) is 3.73. The van der Waals surface area contributed by atoms with Crippen molar-refractivity contribution in [3.8, 4) is 22.3 Å². The molecule has 7 nitrogen and oxygen atoms in total. The van der Waals surface area contributed by atoms with Crippen LogP contribution in [0.1, 0.15) is 102 Å². The predicted molar refractivity (Wildman–Crippen MR) is 255 cm³/mol. The third-order valence-electron chi connectivity index (χ3n) is 12.6. The van der Waals surface area contributed by atoms with Crippen molar-refractivity contribution in [3.05, 3.63) is 191 Å². The summed E-state index contributed by atoms with van der Waals surface area (Å²) < 4.78 is 12.3. The zero-order chi connectivity index (χ0) is 45.4. The molecular formula is C57H60N2O5. The fourth-order valence-electron chi connectivity index (χ4n) is 10.1. The molecular weight excluding hydrogens is 793 g/mol. The lowest BCUT2D eigenvalue weighted by Gasteiger charge is -2.39. The summed E-state index contributed by atoms with van der Waals surface area (Å²) in [5.74, 6) is -2.14. The number of hydrogen-bond acceptors (Lipinski definition) is 7. The Morgan fingerprint density at radius 3 is 0.984 bits per heavy atom. The van der Waals surface area contributed by atoms with Crippen molar-refractivity contribution in [3.63, 3.8) is 0 Å². The lowest BCUT2D eigenvalue weighted by atomic mass is 9.78. The first-order valence-corrected chi connectivity index (χ1v) is 22.6. The van der Waals surface area contributed by atoms with Gasteiger partial charge in [-0.05, 0) is 110 Å². The van der Waals surface area contributed by atoms with Crippen LogP contribution in [0.3, 0.4) is 0 Å². The topological polar surface area (TPSA) is 93.7 Å². The van der Waals surface area contributed by atoms with E-state index in [2.05, 4.69) is 83.4 Å². The molecule has 64 heavy (non-hydrogen) atoms. The van der Waals surface area contributed by atoms with Crippen LogP contribution in [-0.4, -0.2) is 41.0 Å². The van der Waals surface area contributed by atoms with E-state index in [1.807, 2.05) is 140 Å². The second kappa shape index (κ2) is 17.4. The number of fused-ring (bicyclic) bond motifs is 6. The van der Waals surface area contributed by atoms with Gasteiger partial charge in [0.2, 0.25) is 0 Å². The lowest BCUT2D eigenvalue weighted by molar-refractivity contribution is -0.159. The minimum absolute atomic E-state index is 0.0623. The number of carbonyl (C=O) groups excluding carboxylic acids is 3. The first-order valence-electron chi connectivity index (χ1n) is 22.6. The molecule has 0 saturated carbocycles. The summed E-state index contributed by atoms with van der Waals surface area (Å²) >= 11 is 0. The van der Waals surface area contributed by atoms with Crippen LogP contribution in [0.25, 0.3) is 22.3 Å². The highest BCUT2D eigenvalue weighted by Crippen LogP contribution is 2.53. The Labute approximate surface area is 378 Å². The van der Waals surface area contributed by atoms with Crippen LogP contribution in [0, 0.1) is 11.8 Å². The lowest BCUT2D eigenvalue weighted by Crippen LogP contribution is -2.54. The van der Waals surface area contributed by atoms with Gasteiger partial charge in [0.1, 0.15) is 29.1 Å². The first-order chi connectivity index (χ1) is 30.5. The van der Waals surface area contributed by atoms with E-state index in [1.165, 1.54) is 0 Å². The molecule has 0 aliphatic heterocycles. The summed E-state index contributed by atoms with van der Waals surface area (Å²) in [5.41, 5.74) is 6.97. The quantitative estimate of drug-likeness (QED) is 0.105. The summed E-state index contributed by atoms with van der Waals surface area (Å²) in [5, 5.41) is 7.73. The molecule has 0 bridgehead atoms. The molecule has 2 N–H and O–H groups in total. The van der Waals surface area contributed by atoms with Crippen molar-refractivity contribution in [1.29, 1.82) is 0 Å². The molecule has 0 unspecified atom stereocenters. The van der Waals surface area contributed by atoms with Gasteiger partial charge in [0.15, 0.2) is 0 Å². The smallest absolute Gasteiger partial charge is 0.323 e. The number of ketones is 1. The normalized spacial score (nSPS) is 16.2. The van der Waals surface area contributed by atoms with Gasteiger partial charge in [-0.2, -0.15) is 0 Å². The highest BCUT2D eigenvalue weighted by molar-refractivity contribution is 5.88. The van der Waals surface area contributed by atoms with E-state index in [4.69, 9.17) is 9.47 Å². The molecule has 6 aromatic carbocycles. The molecule has 7 heteroatoms. The second-order valence-electron chi connectivity index (χ2n) is 19.6. The van der Waals surface area contributed by atoms with Gasteiger partial charge in [0, 0.05) is 11.8 Å². The molecule has 0 amide bonds. The van der Waals surface area contributed by atoms with Crippen LogP contribution >= 0.6 is 0 Å². The van der Waals surface area contributed by atoms with E-state index in [-0.39, 0.29) is 18.6 Å². The van der Waals surface area contributed by atoms with Crippen LogP contribution in [0.4, 0.5) is 0 Å². The molecule has 0 saturated heterocycles. The number of nitrogens with one attached hydrogen (secondary N) is 2. The van der Waals surface area contributed by atoms with Crippen LogP contribution in [0.2, 0.25) is 0 Å². The molecule has 0 fully saturated rings. The van der Waals surface area contributed by atoms with E-state index in [1.54, 1.807) is 0 Å². The van der Waals surface area contributed by atoms with Gasteiger partial charge >= 0.3 is 11.9 Å². The van der Waals surface area contributed by atoms with Crippen molar-refractivity contribution < 1.29 is 23.9 Å². The van der Waals surface area contributed by atoms with Gasteiger partial charge in [-0.15, -0.1) is 0 Å². The highest BCUT2D eigenvalue weighted by atomic mass is 16.6. The van der Waals surface area contributed by atoms with Crippen LogP contribution < -0.4 is 10.6 Å². The number of carbonyl (C=O) groups is 3. The molecule has 2 aliphatic carbocycles. The van der Waals surface area contributed by atoms with Crippen LogP contribution in [0.15, 0.2) is 158 Å². The van der Waals surface area contributed by atoms with Gasteiger partial charge < -0.3 is 9.47 Å². The Bertz CT molecular complexity index is 2390. The molecule has 0 spiro atoms. The van der Waals surface area contributed by atoms with Gasteiger partial charge in [-0.3, -0.25) is 25.0 Å². The monoisotopic (exact) mass is 852 g/mol. The average molecular weight is 853 g/mol. The van der Waals surface area contributed by atoms with E-state index >= 15 is 0 Å². The number of rotatable bonds is 14. The summed E-state index contributed by atoms with van der Waals surface area (Å²) in [6.07, 6.45) is 0.326. The van der Waals surface area contributed by atoms with Crippen molar-refractivity contribution in [2.24, 2.45) is 11.8 Å².